The molecule has 0 amide bonds. The molecule has 0 saturated carbocycles. The van der Waals surface area contributed by atoms with E-state index in [1.165, 1.54) is 46.9 Å². The van der Waals surface area contributed by atoms with Crippen LogP contribution in [0.3, 0.4) is 0 Å². The monoisotopic (exact) mass is 564 g/mol. The van der Waals surface area contributed by atoms with E-state index in [1.807, 2.05) is 0 Å². The summed E-state index contributed by atoms with van der Waals surface area (Å²) >= 11 is 0. The van der Waals surface area contributed by atoms with Crippen molar-refractivity contribution in [1.82, 2.24) is 9.29 Å². The lowest BCUT2D eigenvalue weighted by molar-refractivity contribution is -0.137. The Morgan fingerprint density at radius 3 is 2.26 bits per heavy atom. The van der Waals surface area contributed by atoms with Crippen LogP contribution in [-0.2, 0) is 26.2 Å². The van der Waals surface area contributed by atoms with Gasteiger partial charge in [-0.25, -0.2) is 8.42 Å². The van der Waals surface area contributed by atoms with Gasteiger partial charge in [0.1, 0.15) is 4.90 Å². The van der Waals surface area contributed by atoms with Crippen LogP contribution in [0, 0.1) is 0 Å². The van der Waals surface area contributed by atoms with Crippen molar-refractivity contribution in [1.29, 1.82) is 0 Å². The maximum absolute atomic E-state index is 13.5. The molecule has 1 fully saturated rings. The highest BCUT2D eigenvalue weighted by Gasteiger charge is 2.36. The van der Waals surface area contributed by atoms with Crippen molar-refractivity contribution >= 4 is 31.6 Å². The summed E-state index contributed by atoms with van der Waals surface area (Å²) in [5.74, 6) is -0.0215. The fraction of sp³-hybridized carbons (Fsp3) is 0.280. The van der Waals surface area contributed by atoms with Crippen molar-refractivity contribution in [3.63, 3.8) is 0 Å². The number of anilines is 1. The molecule has 2 aliphatic rings. The van der Waals surface area contributed by atoms with Crippen LogP contribution in [0.4, 0.5) is 18.9 Å². The molecule has 3 aromatic rings. The molecule has 2 aromatic carbocycles. The Hall–Kier alpha value is -3.29. The fourth-order valence-electron chi connectivity index (χ4n) is 4.53. The summed E-state index contributed by atoms with van der Waals surface area (Å²) in [6.07, 6.45) is 0.144. The SMILES string of the molecule is O=S1(=O)N=C(Nc2ccc(S(=O)(=O)N3CCCCCC3)cc2)c2ccc(-c3ncccc3C(F)(F)F)cc21. The van der Waals surface area contributed by atoms with Crippen LogP contribution in [0.15, 0.2) is 75.0 Å². The van der Waals surface area contributed by atoms with Gasteiger partial charge < -0.3 is 5.32 Å². The van der Waals surface area contributed by atoms with Crippen LogP contribution in [0.2, 0.25) is 0 Å². The zero-order chi connectivity index (χ0) is 27.1. The molecule has 0 atom stereocenters. The van der Waals surface area contributed by atoms with Gasteiger partial charge in [-0.2, -0.15) is 25.9 Å². The van der Waals surface area contributed by atoms with Crippen molar-refractivity contribution in [2.45, 2.75) is 41.7 Å². The van der Waals surface area contributed by atoms with Gasteiger partial charge in [-0.15, -0.1) is 4.40 Å². The van der Waals surface area contributed by atoms with Gasteiger partial charge in [0.15, 0.2) is 5.84 Å². The number of amidine groups is 1. The number of aromatic nitrogens is 1. The highest BCUT2D eigenvalue weighted by molar-refractivity contribution is 7.90. The van der Waals surface area contributed by atoms with Gasteiger partial charge in [-0.1, -0.05) is 18.9 Å². The van der Waals surface area contributed by atoms with E-state index in [0.717, 1.165) is 43.9 Å². The molecular weight excluding hydrogens is 541 g/mol. The zero-order valence-electron chi connectivity index (χ0n) is 19.9. The van der Waals surface area contributed by atoms with Gasteiger partial charge in [0.2, 0.25) is 10.0 Å². The van der Waals surface area contributed by atoms with E-state index in [1.54, 1.807) is 0 Å². The summed E-state index contributed by atoms with van der Waals surface area (Å²) in [6.45, 7) is 0.942. The minimum atomic E-state index is -4.67. The highest BCUT2D eigenvalue weighted by atomic mass is 32.2. The lowest BCUT2D eigenvalue weighted by Crippen LogP contribution is -2.31. The normalized spacial score (nSPS) is 17.9. The predicted molar refractivity (Wildman–Crippen MR) is 136 cm³/mol. The molecular formula is C25H23F3N4O4S2. The molecule has 0 spiro atoms. The molecule has 13 heteroatoms. The van der Waals surface area contributed by atoms with Crippen LogP contribution in [-0.4, -0.2) is 45.0 Å². The van der Waals surface area contributed by atoms with Crippen molar-refractivity contribution in [3.05, 3.63) is 71.9 Å². The lowest BCUT2D eigenvalue weighted by atomic mass is 10.0. The maximum Gasteiger partial charge on any atom is 0.418 e. The third-order valence-corrected chi connectivity index (χ3v) is 9.66. The molecule has 0 radical (unpaired) electrons. The van der Waals surface area contributed by atoms with E-state index in [-0.39, 0.29) is 32.4 Å². The minimum absolute atomic E-state index is 0.0141. The molecule has 1 aromatic heterocycles. The van der Waals surface area contributed by atoms with Crippen LogP contribution >= 0.6 is 0 Å². The van der Waals surface area contributed by atoms with Crippen LogP contribution < -0.4 is 5.32 Å². The first kappa shape index (κ1) is 26.3. The Morgan fingerprint density at radius 2 is 1.61 bits per heavy atom. The number of nitrogens with zero attached hydrogens (tertiary/aromatic N) is 3. The van der Waals surface area contributed by atoms with Gasteiger partial charge in [0, 0.05) is 36.1 Å². The van der Waals surface area contributed by atoms with Gasteiger partial charge in [0.25, 0.3) is 10.0 Å². The first-order chi connectivity index (χ1) is 18.0. The number of pyridine rings is 1. The number of benzene rings is 2. The molecule has 3 heterocycles. The fourth-order valence-corrected chi connectivity index (χ4v) is 7.25. The number of hydrogen-bond donors (Lipinski definition) is 1. The van der Waals surface area contributed by atoms with Crippen molar-refractivity contribution < 1.29 is 30.0 Å². The summed E-state index contributed by atoms with van der Waals surface area (Å²) in [7, 11) is -7.84. The molecule has 0 unspecified atom stereocenters. The number of rotatable bonds is 4. The van der Waals surface area contributed by atoms with Gasteiger partial charge in [-0.05, 0) is 61.4 Å². The van der Waals surface area contributed by atoms with E-state index in [2.05, 4.69) is 14.7 Å². The largest absolute Gasteiger partial charge is 0.418 e. The number of alkyl halides is 3. The van der Waals surface area contributed by atoms with Gasteiger partial charge in [-0.3, -0.25) is 4.98 Å². The Kier molecular flexibility index (Phi) is 6.78. The lowest BCUT2D eigenvalue weighted by Gasteiger charge is -2.20. The standard InChI is InChI=1S/C25H23F3N4O4S2/c26-25(27,28)21-6-5-13-29-23(21)17-7-12-20-22(16-17)37(33,34)31-24(20)30-18-8-10-19(11-9-18)38(35,36)32-14-3-1-2-4-15-32/h5-13,16H,1-4,14-15H2,(H,30,31). The Labute approximate surface area is 218 Å². The summed E-state index contributed by atoms with van der Waals surface area (Å²) in [4.78, 5) is 3.70. The highest BCUT2D eigenvalue weighted by Crippen LogP contribution is 2.38. The number of hydrogen-bond acceptors (Lipinski definition) is 6. The molecule has 0 bridgehead atoms. The Bertz CT molecular complexity index is 1610. The summed E-state index contributed by atoms with van der Waals surface area (Å²) in [5.41, 5.74) is -0.806. The molecule has 200 valence electrons. The average Bonchev–Trinajstić information content (AvgIpc) is 3.05. The minimum Gasteiger partial charge on any atom is -0.339 e. The predicted octanol–water partition coefficient (Wildman–Crippen LogP) is 4.89. The van der Waals surface area contributed by atoms with Gasteiger partial charge >= 0.3 is 6.18 Å². The molecule has 38 heavy (non-hydrogen) atoms. The van der Waals surface area contributed by atoms with Crippen molar-refractivity contribution in [2.24, 2.45) is 4.40 Å². The van der Waals surface area contributed by atoms with Crippen LogP contribution in [0.25, 0.3) is 11.3 Å². The molecule has 1 saturated heterocycles. The van der Waals surface area contributed by atoms with Crippen molar-refractivity contribution in [3.8, 4) is 11.3 Å². The number of fused-ring (bicyclic) bond motifs is 1. The number of halogens is 3. The second kappa shape index (κ2) is 9.79. The second-order valence-corrected chi connectivity index (χ2v) is 12.5. The molecule has 8 nitrogen and oxygen atoms in total. The smallest absolute Gasteiger partial charge is 0.339 e. The van der Waals surface area contributed by atoms with Crippen LogP contribution in [0.5, 0.6) is 0 Å². The third-order valence-electron chi connectivity index (χ3n) is 6.43. The van der Waals surface area contributed by atoms with Crippen LogP contribution in [0.1, 0.15) is 36.8 Å². The summed E-state index contributed by atoms with van der Waals surface area (Å²) in [5, 5.41) is 2.88. The van der Waals surface area contributed by atoms with E-state index in [9.17, 15) is 30.0 Å². The quantitative estimate of drug-likeness (QED) is 0.483. The summed E-state index contributed by atoms with van der Waals surface area (Å²) in [6, 6.07) is 11.8. The molecule has 5 rings (SSSR count). The molecule has 0 aliphatic carbocycles. The first-order valence-electron chi connectivity index (χ1n) is 11.9. The Morgan fingerprint density at radius 1 is 0.921 bits per heavy atom. The van der Waals surface area contributed by atoms with E-state index < -0.39 is 31.8 Å². The van der Waals surface area contributed by atoms with E-state index >= 15 is 0 Å². The molecule has 2 aliphatic heterocycles. The van der Waals surface area contributed by atoms with Crippen molar-refractivity contribution in [2.75, 3.05) is 18.4 Å². The third kappa shape index (κ3) is 5.05. The number of nitrogens with one attached hydrogen (secondary N) is 1. The topological polar surface area (TPSA) is 109 Å². The number of sulfonamides is 2. The second-order valence-electron chi connectivity index (χ2n) is 8.99. The average molecular weight is 565 g/mol. The first-order valence-corrected chi connectivity index (χ1v) is 14.7. The van der Waals surface area contributed by atoms with Gasteiger partial charge in [0.05, 0.1) is 16.2 Å². The van der Waals surface area contributed by atoms with E-state index in [0.29, 0.717) is 18.8 Å². The molecule has 1 N–H and O–H groups in total. The maximum atomic E-state index is 13.5. The van der Waals surface area contributed by atoms with E-state index in [4.69, 9.17) is 0 Å². The zero-order valence-corrected chi connectivity index (χ0v) is 21.6. The summed E-state index contributed by atoms with van der Waals surface area (Å²) < 4.78 is 97.1. The Balaban J connectivity index is 1.41.